The lowest BCUT2D eigenvalue weighted by Gasteiger charge is -2.28. The molecular formula is C21H23FO3. The van der Waals surface area contributed by atoms with Gasteiger partial charge in [0.2, 0.25) is 0 Å². The summed E-state index contributed by atoms with van der Waals surface area (Å²) in [6, 6.07) is 19.2. The van der Waals surface area contributed by atoms with Crippen molar-refractivity contribution < 1.29 is 19.0 Å². The van der Waals surface area contributed by atoms with Gasteiger partial charge < -0.3 is 14.6 Å². The number of hydrogen-bond acceptors (Lipinski definition) is 3. The van der Waals surface area contributed by atoms with Gasteiger partial charge in [0.15, 0.2) is 5.67 Å². The Balaban J connectivity index is 1.61. The van der Waals surface area contributed by atoms with Crippen molar-refractivity contribution in [2.24, 2.45) is 0 Å². The minimum absolute atomic E-state index is 0.138. The van der Waals surface area contributed by atoms with Crippen molar-refractivity contribution in [3.63, 3.8) is 0 Å². The Morgan fingerprint density at radius 1 is 1.00 bits per heavy atom. The summed E-state index contributed by atoms with van der Waals surface area (Å²) < 4.78 is 26.9. The van der Waals surface area contributed by atoms with Crippen LogP contribution in [0.15, 0.2) is 72.8 Å². The molecule has 3 nitrogen and oxygen atoms in total. The van der Waals surface area contributed by atoms with Gasteiger partial charge in [0, 0.05) is 6.42 Å². The van der Waals surface area contributed by atoms with Crippen LogP contribution in [0, 0.1) is 0 Å². The van der Waals surface area contributed by atoms with Gasteiger partial charge in [-0.1, -0.05) is 67.2 Å². The molecule has 0 saturated heterocycles. The van der Waals surface area contributed by atoms with Crippen LogP contribution in [0.3, 0.4) is 0 Å². The average molecular weight is 342 g/mol. The summed E-state index contributed by atoms with van der Waals surface area (Å²) in [6.07, 6.45) is -1.49. The first-order chi connectivity index (χ1) is 12.1. The van der Waals surface area contributed by atoms with Crippen LogP contribution in [0.2, 0.25) is 0 Å². The fourth-order valence-electron chi connectivity index (χ4n) is 3.06. The summed E-state index contributed by atoms with van der Waals surface area (Å²) in [5.74, 6) is 0. The molecule has 1 unspecified atom stereocenters. The van der Waals surface area contributed by atoms with Crippen molar-refractivity contribution in [1.82, 2.24) is 0 Å². The van der Waals surface area contributed by atoms with Crippen LogP contribution in [0.1, 0.15) is 17.5 Å². The summed E-state index contributed by atoms with van der Waals surface area (Å²) >= 11 is 0. The number of rotatable bonds is 7. The summed E-state index contributed by atoms with van der Waals surface area (Å²) in [7, 11) is 0. The number of benzene rings is 2. The molecule has 1 saturated carbocycles. The van der Waals surface area contributed by atoms with E-state index in [0.29, 0.717) is 6.61 Å². The zero-order valence-electron chi connectivity index (χ0n) is 14.1. The predicted octanol–water partition coefficient (Wildman–Crippen LogP) is 3.82. The first kappa shape index (κ1) is 17.8. The molecule has 0 bridgehead atoms. The highest BCUT2D eigenvalue weighted by molar-refractivity contribution is 5.27. The molecule has 0 radical (unpaired) electrons. The van der Waals surface area contributed by atoms with Crippen molar-refractivity contribution in [2.75, 3.05) is 6.61 Å². The molecule has 0 heterocycles. The molecule has 1 N–H and O–H groups in total. The van der Waals surface area contributed by atoms with Gasteiger partial charge in [-0.05, 0) is 16.7 Å². The van der Waals surface area contributed by atoms with Crippen LogP contribution in [0.25, 0.3) is 0 Å². The predicted molar refractivity (Wildman–Crippen MR) is 94.7 cm³/mol. The first-order valence-electron chi connectivity index (χ1n) is 8.43. The molecule has 1 aliphatic carbocycles. The zero-order chi connectivity index (χ0) is 17.7. The van der Waals surface area contributed by atoms with E-state index in [9.17, 15) is 5.11 Å². The number of halogens is 1. The number of ether oxygens (including phenoxy) is 2. The minimum atomic E-state index is -1.89. The van der Waals surface area contributed by atoms with Crippen molar-refractivity contribution in [3.8, 4) is 0 Å². The Hall–Kier alpha value is -2.01. The van der Waals surface area contributed by atoms with E-state index < -0.39 is 17.9 Å². The molecular weight excluding hydrogens is 319 g/mol. The van der Waals surface area contributed by atoms with Gasteiger partial charge in [-0.25, -0.2) is 4.39 Å². The zero-order valence-corrected chi connectivity index (χ0v) is 14.1. The highest BCUT2D eigenvalue weighted by Gasteiger charge is 2.52. The van der Waals surface area contributed by atoms with Crippen molar-refractivity contribution in [3.05, 3.63) is 83.9 Å². The number of aliphatic hydroxyl groups excluding tert-OH is 1. The second kappa shape index (κ2) is 7.91. The van der Waals surface area contributed by atoms with Crippen LogP contribution >= 0.6 is 0 Å². The summed E-state index contributed by atoms with van der Waals surface area (Å²) in [4.78, 5) is 0. The van der Waals surface area contributed by atoms with Crippen LogP contribution < -0.4 is 0 Å². The van der Waals surface area contributed by atoms with Crippen LogP contribution in [0.4, 0.5) is 4.39 Å². The molecule has 0 aromatic heterocycles. The average Bonchev–Trinajstić information content (AvgIpc) is 2.86. The fourth-order valence-corrected chi connectivity index (χ4v) is 3.06. The van der Waals surface area contributed by atoms with Crippen LogP contribution in [-0.4, -0.2) is 29.6 Å². The molecule has 4 heteroatoms. The Bertz CT molecular complexity index is 689. The largest absolute Gasteiger partial charge is 0.389 e. The third-order valence-electron chi connectivity index (χ3n) is 4.60. The smallest absolute Gasteiger partial charge is 0.183 e. The third-order valence-corrected chi connectivity index (χ3v) is 4.60. The van der Waals surface area contributed by atoms with Crippen molar-refractivity contribution in [2.45, 2.75) is 37.5 Å². The van der Waals surface area contributed by atoms with E-state index in [-0.39, 0.29) is 25.2 Å². The normalized spacial score (nSPS) is 26.1. The Kier molecular flexibility index (Phi) is 5.63. The molecule has 1 aliphatic rings. The second-order valence-electron chi connectivity index (χ2n) is 6.40. The summed E-state index contributed by atoms with van der Waals surface area (Å²) in [6.45, 7) is 4.15. The molecule has 2 aromatic carbocycles. The standard InChI is InChI=1S/C21H23FO3/c1-16-19(23)12-20(25-14-18-10-6-3-7-11-18)21(16,22)15-24-13-17-8-4-2-5-9-17/h2-11,19-20,23H,1,12-15H2/t19?,20-,21-/m0/s1. The molecule has 25 heavy (non-hydrogen) atoms. The lowest BCUT2D eigenvalue weighted by molar-refractivity contribution is -0.0767. The number of aliphatic hydroxyl groups is 1. The number of hydrogen-bond donors (Lipinski definition) is 1. The minimum Gasteiger partial charge on any atom is -0.389 e. The quantitative estimate of drug-likeness (QED) is 0.778. The lowest BCUT2D eigenvalue weighted by Crippen LogP contribution is -2.40. The van der Waals surface area contributed by atoms with E-state index in [2.05, 4.69) is 6.58 Å². The van der Waals surface area contributed by atoms with Gasteiger partial charge in [-0.15, -0.1) is 0 Å². The van der Waals surface area contributed by atoms with E-state index in [4.69, 9.17) is 9.47 Å². The van der Waals surface area contributed by atoms with Gasteiger partial charge in [-0.3, -0.25) is 0 Å². The molecule has 2 aromatic rings. The van der Waals surface area contributed by atoms with E-state index in [1.54, 1.807) is 0 Å². The van der Waals surface area contributed by atoms with Crippen LogP contribution in [-0.2, 0) is 22.7 Å². The second-order valence-corrected chi connectivity index (χ2v) is 6.40. The van der Waals surface area contributed by atoms with Crippen molar-refractivity contribution >= 4 is 0 Å². The Morgan fingerprint density at radius 3 is 2.16 bits per heavy atom. The first-order valence-corrected chi connectivity index (χ1v) is 8.43. The van der Waals surface area contributed by atoms with Gasteiger partial charge in [0.25, 0.3) is 0 Å². The molecule has 132 valence electrons. The molecule has 0 amide bonds. The maximum absolute atomic E-state index is 15.5. The van der Waals surface area contributed by atoms with Gasteiger partial charge in [0.1, 0.15) is 6.10 Å². The molecule has 3 atom stereocenters. The molecule has 0 aliphatic heterocycles. The molecule has 0 spiro atoms. The van der Waals surface area contributed by atoms with Gasteiger partial charge in [-0.2, -0.15) is 0 Å². The Labute approximate surface area is 147 Å². The highest BCUT2D eigenvalue weighted by atomic mass is 19.1. The lowest BCUT2D eigenvalue weighted by atomic mass is 9.99. The maximum Gasteiger partial charge on any atom is 0.183 e. The van der Waals surface area contributed by atoms with E-state index in [1.165, 1.54) is 0 Å². The van der Waals surface area contributed by atoms with E-state index in [0.717, 1.165) is 11.1 Å². The van der Waals surface area contributed by atoms with Crippen molar-refractivity contribution in [1.29, 1.82) is 0 Å². The monoisotopic (exact) mass is 342 g/mol. The van der Waals surface area contributed by atoms with E-state index in [1.807, 2.05) is 60.7 Å². The highest BCUT2D eigenvalue weighted by Crippen LogP contribution is 2.40. The summed E-state index contributed by atoms with van der Waals surface area (Å²) in [5, 5.41) is 10.0. The molecule has 1 fully saturated rings. The van der Waals surface area contributed by atoms with Crippen LogP contribution in [0.5, 0.6) is 0 Å². The SMILES string of the molecule is C=C1C(O)C[C@H](OCc2ccccc2)[C@]1(F)COCc1ccccc1. The Morgan fingerprint density at radius 2 is 1.56 bits per heavy atom. The maximum atomic E-state index is 15.5. The summed E-state index contributed by atoms with van der Waals surface area (Å²) in [5.41, 5.74) is 0.181. The topological polar surface area (TPSA) is 38.7 Å². The fraction of sp³-hybridized carbons (Fsp3) is 0.333. The van der Waals surface area contributed by atoms with Gasteiger partial charge >= 0.3 is 0 Å². The number of alkyl halides is 1. The third kappa shape index (κ3) is 4.15. The molecule has 3 rings (SSSR count). The van der Waals surface area contributed by atoms with E-state index >= 15 is 4.39 Å². The van der Waals surface area contributed by atoms with Gasteiger partial charge in [0.05, 0.1) is 25.9 Å².